The van der Waals surface area contributed by atoms with Crippen LogP contribution in [0.3, 0.4) is 0 Å². The minimum absolute atomic E-state index is 0.118. The Balaban J connectivity index is 1.60. The van der Waals surface area contributed by atoms with Crippen molar-refractivity contribution < 1.29 is 17.9 Å². The molecule has 31 heavy (non-hydrogen) atoms. The van der Waals surface area contributed by atoms with Gasteiger partial charge in [0.1, 0.15) is 0 Å². The van der Waals surface area contributed by atoms with Gasteiger partial charge in [-0.25, -0.2) is 13.1 Å². The van der Waals surface area contributed by atoms with Gasteiger partial charge in [0.2, 0.25) is 10.0 Å². The number of sulfonamides is 1. The normalized spacial score (nSPS) is 19.8. The molecule has 0 radical (unpaired) electrons. The van der Waals surface area contributed by atoms with Gasteiger partial charge in [0.15, 0.2) is 0 Å². The first kappa shape index (κ1) is 23.4. The minimum Gasteiger partial charge on any atom is -0.373 e. The van der Waals surface area contributed by atoms with E-state index in [0.29, 0.717) is 17.7 Å². The van der Waals surface area contributed by atoms with E-state index in [2.05, 4.69) is 14.9 Å². The summed E-state index contributed by atoms with van der Waals surface area (Å²) in [6.07, 6.45) is 0.348. The van der Waals surface area contributed by atoms with E-state index in [1.54, 1.807) is 19.1 Å². The van der Waals surface area contributed by atoms with E-state index in [-0.39, 0.29) is 29.6 Å². The number of benzene rings is 2. The third-order valence-corrected chi connectivity index (χ3v) is 6.80. The van der Waals surface area contributed by atoms with Crippen LogP contribution in [-0.4, -0.2) is 57.6 Å². The van der Waals surface area contributed by atoms with Crippen LogP contribution in [0, 0.1) is 6.92 Å². The molecule has 1 aliphatic heterocycles. The molecule has 7 nitrogen and oxygen atoms in total. The van der Waals surface area contributed by atoms with Crippen molar-refractivity contribution in [1.82, 2.24) is 14.9 Å². The molecule has 1 saturated heterocycles. The fraction of sp³-hybridized carbons (Fsp3) is 0.435. The van der Waals surface area contributed by atoms with Crippen LogP contribution in [0.4, 0.5) is 0 Å². The van der Waals surface area contributed by atoms with Crippen molar-refractivity contribution in [2.24, 2.45) is 0 Å². The summed E-state index contributed by atoms with van der Waals surface area (Å²) >= 11 is 0. The summed E-state index contributed by atoms with van der Waals surface area (Å²) in [5.41, 5.74) is 1.78. The number of nitrogens with zero attached hydrogens (tertiary/aromatic N) is 1. The van der Waals surface area contributed by atoms with Crippen molar-refractivity contribution in [2.75, 3.05) is 26.2 Å². The van der Waals surface area contributed by atoms with E-state index in [1.807, 2.05) is 44.2 Å². The number of carbonyl (C=O) groups excluding carboxylic acids is 1. The highest BCUT2D eigenvalue weighted by Crippen LogP contribution is 2.18. The molecule has 1 heterocycles. The standard InChI is InChI=1S/C23H31N3O4S/c1-17-9-10-21(23(27)24-11-12-26-15-18(2)30-19(3)16-26)13-22(17)31(28,29)25-14-20-7-5-4-6-8-20/h4-10,13,18-19,25H,11-12,14-16H2,1-3H3,(H,24,27). The largest absolute Gasteiger partial charge is 0.373 e. The molecule has 0 bridgehead atoms. The SMILES string of the molecule is Cc1ccc(C(=O)NCCN2CC(C)OC(C)C2)cc1S(=O)(=O)NCc1ccccc1. The molecule has 0 spiro atoms. The van der Waals surface area contributed by atoms with Crippen LogP contribution in [0.1, 0.15) is 35.3 Å². The van der Waals surface area contributed by atoms with Crippen LogP contribution in [0.2, 0.25) is 0 Å². The van der Waals surface area contributed by atoms with Crippen molar-refractivity contribution in [3.8, 4) is 0 Å². The predicted octanol–water partition coefficient (Wildman–Crippen LogP) is 2.31. The number of morpholine rings is 1. The number of nitrogens with one attached hydrogen (secondary N) is 2. The van der Waals surface area contributed by atoms with Crippen molar-refractivity contribution in [3.05, 3.63) is 65.2 Å². The zero-order valence-corrected chi connectivity index (χ0v) is 19.1. The second kappa shape index (κ2) is 10.4. The number of carbonyl (C=O) groups is 1. The predicted molar refractivity (Wildman–Crippen MR) is 120 cm³/mol. The molecular formula is C23H31N3O4S. The molecule has 3 rings (SSSR count). The van der Waals surface area contributed by atoms with E-state index in [4.69, 9.17) is 4.74 Å². The van der Waals surface area contributed by atoms with Crippen molar-refractivity contribution >= 4 is 15.9 Å². The van der Waals surface area contributed by atoms with E-state index in [0.717, 1.165) is 25.2 Å². The van der Waals surface area contributed by atoms with Gasteiger partial charge in [0, 0.05) is 38.3 Å². The van der Waals surface area contributed by atoms with Crippen molar-refractivity contribution in [3.63, 3.8) is 0 Å². The van der Waals surface area contributed by atoms with Gasteiger partial charge in [0.05, 0.1) is 17.1 Å². The number of aryl methyl sites for hydroxylation is 1. The summed E-state index contributed by atoms with van der Waals surface area (Å²) in [4.78, 5) is 15.0. The van der Waals surface area contributed by atoms with Crippen LogP contribution in [-0.2, 0) is 21.3 Å². The summed E-state index contributed by atoms with van der Waals surface area (Å²) in [7, 11) is -3.75. The minimum atomic E-state index is -3.75. The van der Waals surface area contributed by atoms with Gasteiger partial charge in [-0.1, -0.05) is 36.4 Å². The van der Waals surface area contributed by atoms with Crippen molar-refractivity contribution in [2.45, 2.75) is 44.4 Å². The molecule has 1 aliphatic rings. The molecule has 2 aromatic rings. The van der Waals surface area contributed by atoms with E-state index >= 15 is 0 Å². The molecule has 0 aromatic heterocycles. The van der Waals surface area contributed by atoms with Crippen LogP contribution < -0.4 is 10.0 Å². The third-order valence-electron chi connectivity index (χ3n) is 5.26. The van der Waals surface area contributed by atoms with Gasteiger partial charge in [-0.05, 0) is 44.0 Å². The molecular weight excluding hydrogens is 414 g/mol. The lowest BCUT2D eigenvalue weighted by Gasteiger charge is -2.35. The maximum atomic E-state index is 12.8. The molecule has 2 unspecified atom stereocenters. The number of hydrogen-bond donors (Lipinski definition) is 2. The first-order valence-corrected chi connectivity index (χ1v) is 12.0. The Morgan fingerprint density at radius 1 is 1.10 bits per heavy atom. The Kier molecular flexibility index (Phi) is 7.83. The number of amides is 1. The Morgan fingerprint density at radius 3 is 2.45 bits per heavy atom. The molecule has 1 fully saturated rings. The summed E-state index contributed by atoms with van der Waals surface area (Å²) < 4.78 is 34.0. The van der Waals surface area contributed by atoms with E-state index in [1.165, 1.54) is 6.07 Å². The van der Waals surface area contributed by atoms with E-state index < -0.39 is 10.0 Å². The Morgan fingerprint density at radius 2 is 1.77 bits per heavy atom. The van der Waals surface area contributed by atoms with Gasteiger partial charge in [-0.3, -0.25) is 9.69 Å². The maximum absolute atomic E-state index is 12.8. The zero-order valence-electron chi connectivity index (χ0n) is 18.3. The smallest absolute Gasteiger partial charge is 0.251 e. The monoisotopic (exact) mass is 445 g/mol. The Labute approximate surface area is 184 Å². The van der Waals surface area contributed by atoms with Crippen LogP contribution in [0.5, 0.6) is 0 Å². The quantitative estimate of drug-likeness (QED) is 0.651. The van der Waals surface area contributed by atoms with Gasteiger partial charge in [0.25, 0.3) is 5.91 Å². The zero-order chi connectivity index (χ0) is 22.4. The van der Waals surface area contributed by atoms with Crippen LogP contribution >= 0.6 is 0 Å². The lowest BCUT2D eigenvalue weighted by Crippen LogP contribution is -2.47. The van der Waals surface area contributed by atoms with Crippen LogP contribution in [0.25, 0.3) is 0 Å². The summed E-state index contributed by atoms with van der Waals surface area (Å²) in [6, 6.07) is 14.1. The number of rotatable bonds is 8. The molecule has 168 valence electrons. The first-order chi connectivity index (χ1) is 14.7. The molecule has 8 heteroatoms. The molecule has 2 N–H and O–H groups in total. The highest BCUT2D eigenvalue weighted by molar-refractivity contribution is 7.89. The van der Waals surface area contributed by atoms with Gasteiger partial charge < -0.3 is 10.1 Å². The Bertz CT molecular complexity index is 985. The van der Waals surface area contributed by atoms with Crippen LogP contribution in [0.15, 0.2) is 53.4 Å². The second-order valence-electron chi connectivity index (χ2n) is 8.06. The average molecular weight is 446 g/mol. The summed E-state index contributed by atoms with van der Waals surface area (Å²) in [5, 5.41) is 2.90. The van der Waals surface area contributed by atoms with Gasteiger partial charge >= 0.3 is 0 Å². The van der Waals surface area contributed by atoms with Crippen molar-refractivity contribution in [1.29, 1.82) is 0 Å². The third kappa shape index (κ3) is 6.61. The highest BCUT2D eigenvalue weighted by Gasteiger charge is 2.22. The average Bonchev–Trinajstić information content (AvgIpc) is 2.72. The first-order valence-electron chi connectivity index (χ1n) is 10.5. The Hall–Kier alpha value is -2.26. The fourth-order valence-corrected chi connectivity index (χ4v) is 5.07. The van der Waals surface area contributed by atoms with E-state index in [9.17, 15) is 13.2 Å². The molecule has 2 aromatic carbocycles. The van der Waals surface area contributed by atoms with Gasteiger partial charge in [-0.15, -0.1) is 0 Å². The second-order valence-corrected chi connectivity index (χ2v) is 9.80. The lowest BCUT2D eigenvalue weighted by molar-refractivity contribution is -0.0672. The summed E-state index contributed by atoms with van der Waals surface area (Å²) in [5.74, 6) is -0.283. The maximum Gasteiger partial charge on any atom is 0.251 e. The summed E-state index contributed by atoms with van der Waals surface area (Å²) in [6.45, 7) is 8.87. The topological polar surface area (TPSA) is 87.7 Å². The lowest BCUT2D eigenvalue weighted by atomic mass is 10.1. The molecule has 0 saturated carbocycles. The fourth-order valence-electron chi connectivity index (χ4n) is 3.78. The van der Waals surface area contributed by atoms with Gasteiger partial charge in [-0.2, -0.15) is 0 Å². The highest BCUT2D eigenvalue weighted by atomic mass is 32.2. The molecule has 0 aliphatic carbocycles. The molecule has 1 amide bonds. The number of hydrogen-bond acceptors (Lipinski definition) is 5. The number of ether oxygens (including phenoxy) is 1. The molecule has 2 atom stereocenters.